The van der Waals surface area contributed by atoms with Gasteiger partial charge in [-0.15, -0.1) is 0 Å². The molecule has 1 aliphatic rings. The van der Waals surface area contributed by atoms with Gasteiger partial charge in [-0.25, -0.2) is 9.37 Å². The minimum atomic E-state index is -0.657. The number of hydrogen-bond acceptors (Lipinski definition) is 6. The van der Waals surface area contributed by atoms with Gasteiger partial charge in [0.05, 0.1) is 32.6 Å². The number of rotatable bonds is 10. The Labute approximate surface area is 185 Å². The molecule has 0 bridgehead atoms. The largest absolute Gasteiger partial charge is 0.496 e. The van der Waals surface area contributed by atoms with Crippen molar-refractivity contribution in [3.63, 3.8) is 0 Å². The van der Waals surface area contributed by atoms with E-state index in [1.165, 1.54) is 44.4 Å². The van der Waals surface area contributed by atoms with Crippen LogP contribution < -0.4 is 19.5 Å². The first-order chi connectivity index (χ1) is 15.6. The molecule has 32 heavy (non-hydrogen) atoms. The number of benzene rings is 2. The summed E-state index contributed by atoms with van der Waals surface area (Å²) in [5, 5.41) is 2.65. The molecule has 0 unspecified atom stereocenters. The third kappa shape index (κ3) is 5.01. The highest BCUT2D eigenvalue weighted by atomic mass is 19.1. The second-order valence-electron chi connectivity index (χ2n) is 7.49. The first kappa shape index (κ1) is 21.7. The maximum Gasteiger partial charge on any atom is 0.258 e. The molecule has 1 aliphatic carbocycles. The lowest BCUT2D eigenvalue weighted by molar-refractivity contribution is 0.0943. The van der Waals surface area contributed by atoms with Crippen LogP contribution in [-0.4, -0.2) is 31.2 Å². The van der Waals surface area contributed by atoms with E-state index in [2.05, 4.69) is 10.3 Å². The van der Waals surface area contributed by atoms with Crippen molar-refractivity contribution >= 4 is 5.91 Å². The van der Waals surface area contributed by atoms with Gasteiger partial charge in [-0.1, -0.05) is 6.07 Å². The number of hydrogen-bond donors (Lipinski definition) is 1. The molecule has 1 fully saturated rings. The summed E-state index contributed by atoms with van der Waals surface area (Å²) in [4.78, 5) is 16.9. The fourth-order valence-electron chi connectivity index (χ4n) is 3.20. The van der Waals surface area contributed by atoms with Gasteiger partial charge in [0.25, 0.3) is 5.91 Å². The van der Waals surface area contributed by atoms with Gasteiger partial charge in [-0.3, -0.25) is 4.79 Å². The van der Waals surface area contributed by atoms with Crippen LogP contribution in [0.2, 0.25) is 0 Å². The first-order valence-corrected chi connectivity index (χ1v) is 10.5. The van der Waals surface area contributed by atoms with E-state index in [-0.39, 0.29) is 17.9 Å². The number of halogens is 1. The molecule has 1 amide bonds. The maximum absolute atomic E-state index is 14.1. The third-order valence-corrected chi connectivity index (χ3v) is 5.07. The van der Waals surface area contributed by atoms with Gasteiger partial charge in [0.15, 0.2) is 11.5 Å². The van der Waals surface area contributed by atoms with Gasteiger partial charge < -0.3 is 23.9 Å². The number of aromatic nitrogens is 1. The van der Waals surface area contributed by atoms with Crippen LogP contribution in [0.1, 0.15) is 35.8 Å². The van der Waals surface area contributed by atoms with Gasteiger partial charge in [-0.2, -0.15) is 0 Å². The smallest absolute Gasteiger partial charge is 0.258 e. The van der Waals surface area contributed by atoms with Crippen molar-refractivity contribution in [3.05, 3.63) is 59.7 Å². The van der Waals surface area contributed by atoms with Crippen molar-refractivity contribution in [2.75, 3.05) is 20.3 Å². The van der Waals surface area contributed by atoms with Gasteiger partial charge in [0, 0.05) is 5.56 Å². The molecule has 3 aromatic rings. The Morgan fingerprint density at radius 3 is 2.78 bits per heavy atom. The number of methoxy groups -OCH3 is 1. The second kappa shape index (κ2) is 9.72. The SMILES string of the molecule is CCOc1ccc(-c2nc(CNC(=O)c3c(F)cccc3OC)co2)cc1OCC1CC1. The van der Waals surface area contributed by atoms with Crippen LogP contribution in [0.15, 0.2) is 47.1 Å². The standard InChI is InChI=1S/C24H25FN2O5/c1-3-30-19-10-9-16(11-21(19)31-13-15-7-8-15)24-27-17(14-32-24)12-26-23(28)22-18(25)5-4-6-20(22)29-2/h4-6,9-11,14-15H,3,7-8,12-13H2,1-2H3,(H,26,28). The van der Waals surface area contributed by atoms with E-state index >= 15 is 0 Å². The molecule has 1 heterocycles. The first-order valence-electron chi connectivity index (χ1n) is 10.5. The predicted octanol–water partition coefficient (Wildman–Crippen LogP) is 4.61. The lowest BCUT2D eigenvalue weighted by Crippen LogP contribution is -2.24. The Hall–Kier alpha value is -3.55. The summed E-state index contributed by atoms with van der Waals surface area (Å²) in [6, 6.07) is 9.73. The number of ether oxygens (including phenoxy) is 3. The van der Waals surface area contributed by atoms with Crippen molar-refractivity contribution in [1.82, 2.24) is 10.3 Å². The molecule has 0 spiro atoms. The highest BCUT2D eigenvalue weighted by molar-refractivity contribution is 5.97. The van der Waals surface area contributed by atoms with Crippen LogP contribution in [0.5, 0.6) is 17.2 Å². The van der Waals surface area contributed by atoms with Gasteiger partial charge in [-0.05, 0) is 56.0 Å². The van der Waals surface area contributed by atoms with E-state index in [0.29, 0.717) is 42.2 Å². The van der Waals surface area contributed by atoms with Crippen molar-refractivity contribution in [2.45, 2.75) is 26.3 Å². The molecule has 0 atom stereocenters. The molecule has 1 N–H and O–H groups in total. The van der Waals surface area contributed by atoms with E-state index in [9.17, 15) is 9.18 Å². The molecule has 7 nitrogen and oxygen atoms in total. The molecule has 8 heteroatoms. The summed E-state index contributed by atoms with van der Waals surface area (Å²) in [7, 11) is 1.38. The molecule has 168 valence electrons. The normalized spacial score (nSPS) is 13.0. The summed E-state index contributed by atoms with van der Waals surface area (Å²) >= 11 is 0. The number of nitrogens with one attached hydrogen (secondary N) is 1. The molecule has 0 saturated heterocycles. The van der Waals surface area contributed by atoms with Crippen LogP contribution in [0.25, 0.3) is 11.5 Å². The van der Waals surface area contributed by atoms with Crippen LogP contribution in [-0.2, 0) is 6.54 Å². The van der Waals surface area contributed by atoms with Crippen LogP contribution in [0.4, 0.5) is 4.39 Å². The van der Waals surface area contributed by atoms with Crippen molar-refractivity contribution < 1.29 is 27.8 Å². The summed E-state index contributed by atoms with van der Waals surface area (Å²) in [6.07, 6.45) is 3.84. The average Bonchev–Trinajstić information content (AvgIpc) is 3.51. The van der Waals surface area contributed by atoms with E-state index in [1.807, 2.05) is 25.1 Å². The Kier molecular flexibility index (Phi) is 6.58. The minimum Gasteiger partial charge on any atom is -0.496 e. The average molecular weight is 440 g/mol. The zero-order valence-corrected chi connectivity index (χ0v) is 18.0. The number of oxazole rings is 1. The molecular weight excluding hydrogens is 415 g/mol. The van der Waals surface area contributed by atoms with E-state index in [4.69, 9.17) is 18.6 Å². The zero-order chi connectivity index (χ0) is 22.5. The summed E-state index contributed by atoms with van der Waals surface area (Å²) in [6.45, 7) is 3.19. The third-order valence-electron chi connectivity index (χ3n) is 5.07. The van der Waals surface area contributed by atoms with E-state index < -0.39 is 11.7 Å². The van der Waals surface area contributed by atoms with Crippen LogP contribution in [0, 0.1) is 11.7 Å². The number of carbonyl (C=O) groups is 1. The number of amides is 1. The Morgan fingerprint density at radius 1 is 1.19 bits per heavy atom. The lowest BCUT2D eigenvalue weighted by atomic mass is 10.1. The molecular formula is C24H25FN2O5. The minimum absolute atomic E-state index is 0.0713. The highest BCUT2D eigenvalue weighted by Crippen LogP contribution is 2.35. The van der Waals surface area contributed by atoms with E-state index in [1.54, 1.807) is 0 Å². The van der Waals surface area contributed by atoms with Crippen molar-refractivity contribution in [2.24, 2.45) is 5.92 Å². The fourth-order valence-corrected chi connectivity index (χ4v) is 3.20. The molecule has 0 radical (unpaired) electrons. The monoisotopic (exact) mass is 440 g/mol. The molecule has 0 aliphatic heterocycles. The number of carbonyl (C=O) groups excluding carboxylic acids is 1. The highest BCUT2D eigenvalue weighted by Gasteiger charge is 2.23. The van der Waals surface area contributed by atoms with Gasteiger partial charge in [0.2, 0.25) is 5.89 Å². The summed E-state index contributed by atoms with van der Waals surface area (Å²) in [5.74, 6) is 1.23. The van der Waals surface area contributed by atoms with Gasteiger partial charge in [0.1, 0.15) is 23.4 Å². The molecule has 2 aromatic carbocycles. The topological polar surface area (TPSA) is 82.8 Å². The van der Waals surface area contributed by atoms with Crippen molar-refractivity contribution in [3.8, 4) is 28.7 Å². The predicted molar refractivity (Wildman–Crippen MR) is 115 cm³/mol. The Balaban J connectivity index is 1.45. The Bertz CT molecular complexity index is 1090. The Morgan fingerprint density at radius 2 is 2.03 bits per heavy atom. The number of nitrogens with zero attached hydrogens (tertiary/aromatic N) is 1. The lowest BCUT2D eigenvalue weighted by Gasteiger charge is -2.12. The zero-order valence-electron chi connectivity index (χ0n) is 18.0. The summed E-state index contributed by atoms with van der Waals surface area (Å²) < 4.78 is 36.4. The molecule has 1 saturated carbocycles. The fraction of sp³-hybridized carbons (Fsp3) is 0.333. The quantitative estimate of drug-likeness (QED) is 0.496. The molecule has 1 aromatic heterocycles. The van der Waals surface area contributed by atoms with Crippen molar-refractivity contribution in [1.29, 1.82) is 0 Å². The molecule has 4 rings (SSSR count). The van der Waals surface area contributed by atoms with Crippen LogP contribution >= 0.6 is 0 Å². The van der Waals surface area contributed by atoms with E-state index in [0.717, 1.165) is 5.56 Å². The van der Waals surface area contributed by atoms with Crippen LogP contribution in [0.3, 0.4) is 0 Å². The summed E-state index contributed by atoms with van der Waals surface area (Å²) in [5.41, 5.74) is 1.08. The van der Waals surface area contributed by atoms with Gasteiger partial charge >= 0.3 is 0 Å². The second-order valence-corrected chi connectivity index (χ2v) is 7.49. The maximum atomic E-state index is 14.1.